The minimum absolute atomic E-state index is 0.0500. The molecule has 1 heterocycles. The predicted molar refractivity (Wildman–Crippen MR) is 118 cm³/mol. The predicted octanol–water partition coefficient (Wildman–Crippen LogP) is -1.83. The molecule has 0 aromatic carbocycles. The number of hydrogen-bond acceptors (Lipinski definition) is 8. The fraction of sp³-hybridized carbons (Fsp3) is 0.810. The normalized spacial score (nSPS) is 17.6. The second kappa shape index (κ2) is 17.2. The third-order valence-electron chi connectivity index (χ3n) is 5.16. The molecule has 1 fully saturated rings. The number of aliphatic hydroxyl groups is 1. The van der Waals surface area contributed by atoms with Crippen molar-refractivity contribution in [1.29, 1.82) is 0 Å². The van der Waals surface area contributed by atoms with Gasteiger partial charge < -0.3 is 40.2 Å². The van der Waals surface area contributed by atoms with E-state index in [4.69, 9.17) is 14.2 Å². The number of carbonyl (C=O) groups excluding carboxylic acids is 4. The van der Waals surface area contributed by atoms with Gasteiger partial charge in [0.25, 0.3) is 0 Å². The summed E-state index contributed by atoms with van der Waals surface area (Å²) in [5.74, 6) is -0.738. The van der Waals surface area contributed by atoms with Crippen LogP contribution in [0.3, 0.4) is 0 Å². The van der Waals surface area contributed by atoms with Gasteiger partial charge in [-0.2, -0.15) is 0 Å². The van der Waals surface area contributed by atoms with E-state index in [9.17, 15) is 24.3 Å². The van der Waals surface area contributed by atoms with Crippen molar-refractivity contribution >= 4 is 23.6 Å². The quantitative estimate of drug-likeness (QED) is 0.179. The molecule has 4 N–H and O–H groups in total. The van der Waals surface area contributed by atoms with Crippen LogP contribution in [0.15, 0.2) is 0 Å². The average molecular weight is 475 g/mol. The maximum atomic E-state index is 12.3. The van der Waals surface area contributed by atoms with Gasteiger partial charge in [-0.3, -0.25) is 19.2 Å². The van der Waals surface area contributed by atoms with Gasteiger partial charge in [-0.15, -0.1) is 0 Å². The molecule has 0 bridgehead atoms. The fourth-order valence-corrected chi connectivity index (χ4v) is 3.27. The summed E-state index contributed by atoms with van der Waals surface area (Å²) in [7, 11) is 3.11. The summed E-state index contributed by atoms with van der Waals surface area (Å²) in [6.45, 7) is 1.78. The molecule has 33 heavy (non-hydrogen) atoms. The first-order valence-corrected chi connectivity index (χ1v) is 11.2. The molecule has 0 aromatic rings. The SMILES string of the molecule is CNC(=O)CCC(=O)NCCOCCOCC(=O)NCCCC(=O)N1C[C@@H](OC)C[C@@H]1CO. The van der Waals surface area contributed by atoms with Crippen molar-refractivity contribution < 1.29 is 38.5 Å². The van der Waals surface area contributed by atoms with Crippen molar-refractivity contribution in [2.24, 2.45) is 0 Å². The summed E-state index contributed by atoms with van der Waals surface area (Å²) in [6, 6.07) is -0.210. The van der Waals surface area contributed by atoms with Crippen molar-refractivity contribution in [3.8, 4) is 0 Å². The first-order valence-electron chi connectivity index (χ1n) is 11.2. The molecule has 12 nitrogen and oxygen atoms in total. The molecular weight excluding hydrogens is 436 g/mol. The van der Waals surface area contributed by atoms with Gasteiger partial charge in [-0.1, -0.05) is 0 Å². The number of likely N-dealkylation sites (tertiary alicyclic amines) is 1. The zero-order chi connectivity index (χ0) is 24.5. The number of amides is 4. The summed E-state index contributed by atoms with van der Waals surface area (Å²) >= 11 is 0. The Morgan fingerprint density at radius 2 is 1.64 bits per heavy atom. The van der Waals surface area contributed by atoms with Crippen LogP contribution in [-0.2, 0) is 33.4 Å². The van der Waals surface area contributed by atoms with Crippen LogP contribution in [0.4, 0.5) is 0 Å². The van der Waals surface area contributed by atoms with E-state index in [1.54, 1.807) is 12.0 Å². The van der Waals surface area contributed by atoms with Crippen LogP contribution in [0.1, 0.15) is 32.1 Å². The molecule has 0 unspecified atom stereocenters. The van der Waals surface area contributed by atoms with Gasteiger partial charge >= 0.3 is 0 Å². The zero-order valence-electron chi connectivity index (χ0n) is 19.6. The standard InChI is InChI=1S/C21H38N4O8/c1-22-18(27)5-6-19(28)24-8-9-32-10-11-33-15-20(29)23-7-3-4-21(30)25-13-17(31-2)12-16(25)14-26/h16-17,26H,3-15H2,1-2H3,(H,22,27)(H,23,29)(H,24,28)/t16-,17+/m1/s1. The molecule has 0 spiro atoms. The maximum Gasteiger partial charge on any atom is 0.245 e. The molecule has 1 rings (SSSR count). The van der Waals surface area contributed by atoms with Crippen molar-refractivity contribution in [3.63, 3.8) is 0 Å². The van der Waals surface area contributed by atoms with Gasteiger partial charge in [0, 0.05) is 53.1 Å². The largest absolute Gasteiger partial charge is 0.394 e. The summed E-state index contributed by atoms with van der Waals surface area (Å²) in [4.78, 5) is 48.3. The number of hydrogen-bond donors (Lipinski definition) is 4. The molecule has 0 radical (unpaired) electrons. The van der Waals surface area contributed by atoms with Crippen LogP contribution in [-0.4, -0.2) is 113 Å². The molecule has 0 aromatic heterocycles. The minimum atomic E-state index is -0.278. The van der Waals surface area contributed by atoms with Gasteiger partial charge in [-0.25, -0.2) is 0 Å². The van der Waals surface area contributed by atoms with E-state index in [0.717, 1.165) is 0 Å². The molecule has 12 heteroatoms. The number of nitrogens with zero attached hydrogens (tertiary/aromatic N) is 1. The second-order valence-electron chi connectivity index (χ2n) is 7.62. The number of aliphatic hydroxyl groups excluding tert-OH is 1. The van der Waals surface area contributed by atoms with Crippen LogP contribution in [0.2, 0.25) is 0 Å². The molecule has 1 saturated heterocycles. The Morgan fingerprint density at radius 1 is 0.939 bits per heavy atom. The molecule has 0 aliphatic carbocycles. The van der Waals surface area contributed by atoms with Gasteiger partial charge in [0.2, 0.25) is 23.6 Å². The third kappa shape index (κ3) is 12.5. The lowest BCUT2D eigenvalue weighted by atomic mass is 10.2. The maximum absolute atomic E-state index is 12.3. The summed E-state index contributed by atoms with van der Waals surface area (Å²) in [5.41, 5.74) is 0. The van der Waals surface area contributed by atoms with Crippen LogP contribution in [0.5, 0.6) is 0 Å². The number of ether oxygens (including phenoxy) is 3. The highest BCUT2D eigenvalue weighted by molar-refractivity contribution is 5.83. The second-order valence-corrected chi connectivity index (χ2v) is 7.62. The Morgan fingerprint density at radius 3 is 2.33 bits per heavy atom. The van der Waals surface area contributed by atoms with Crippen molar-refractivity contribution in [1.82, 2.24) is 20.9 Å². The van der Waals surface area contributed by atoms with E-state index in [2.05, 4.69) is 16.0 Å². The van der Waals surface area contributed by atoms with Crippen LogP contribution >= 0.6 is 0 Å². The summed E-state index contributed by atoms with van der Waals surface area (Å²) in [6.07, 6.45) is 1.63. The Labute approximate surface area is 194 Å². The third-order valence-corrected chi connectivity index (χ3v) is 5.16. The van der Waals surface area contributed by atoms with Gasteiger partial charge in [-0.05, 0) is 12.8 Å². The molecule has 1 aliphatic rings. The van der Waals surface area contributed by atoms with Gasteiger partial charge in [0.1, 0.15) is 6.61 Å². The van der Waals surface area contributed by atoms with E-state index in [1.165, 1.54) is 7.05 Å². The fourth-order valence-electron chi connectivity index (χ4n) is 3.27. The number of methoxy groups -OCH3 is 1. The lowest BCUT2D eigenvalue weighted by Crippen LogP contribution is -2.38. The van der Waals surface area contributed by atoms with Crippen LogP contribution in [0, 0.1) is 0 Å². The minimum Gasteiger partial charge on any atom is -0.394 e. The van der Waals surface area contributed by atoms with E-state index in [0.29, 0.717) is 39.1 Å². The first-order chi connectivity index (χ1) is 15.9. The lowest BCUT2D eigenvalue weighted by molar-refractivity contribution is -0.133. The highest BCUT2D eigenvalue weighted by Crippen LogP contribution is 2.20. The summed E-state index contributed by atoms with van der Waals surface area (Å²) in [5, 5.41) is 17.2. The number of rotatable bonds is 17. The molecule has 4 amide bonds. The Balaban J connectivity index is 1.96. The van der Waals surface area contributed by atoms with Crippen LogP contribution < -0.4 is 16.0 Å². The van der Waals surface area contributed by atoms with E-state index in [1.807, 2.05) is 0 Å². The van der Waals surface area contributed by atoms with E-state index < -0.39 is 0 Å². The smallest absolute Gasteiger partial charge is 0.245 e. The van der Waals surface area contributed by atoms with Crippen molar-refractivity contribution in [3.05, 3.63) is 0 Å². The number of nitrogens with one attached hydrogen (secondary N) is 3. The highest BCUT2D eigenvalue weighted by Gasteiger charge is 2.34. The lowest BCUT2D eigenvalue weighted by Gasteiger charge is -2.22. The number of carbonyl (C=O) groups is 4. The van der Waals surface area contributed by atoms with E-state index >= 15 is 0 Å². The molecule has 2 atom stereocenters. The Hall–Kier alpha value is -2.28. The highest BCUT2D eigenvalue weighted by atomic mass is 16.5. The van der Waals surface area contributed by atoms with Crippen molar-refractivity contribution in [2.75, 3.05) is 66.8 Å². The van der Waals surface area contributed by atoms with Gasteiger partial charge in [0.15, 0.2) is 0 Å². The Kier molecular flexibility index (Phi) is 15.0. The molecule has 190 valence electrons. The molecular formula is C21H38N4O8. The van der Waals surface area contributed by atoms with Gasteiger partial charge in [0.05, 0.1) is 38.6 Å². The molecule has 0 saturated carbocycles. The average Bonchev–Trinajstić information content (AvgIpc) is 3.25. The molecule has 1 aliphatic heterocycles. The zero-order valence-corrected chi connectivity index (χ0v) is 19.6. The van der Waals surface area contributed by atoms with E-state index in [-0.39, 0.29) is 81.5 Å². The Bertz CT molecular complexity index is 619. The van der Waals surface area contributed by atoms with Crippen LogP contribution in [0.25, 0.3) is 0 Å². The summed E-state index contributed by atoms with van der Waals surface area (Å²) < 4.78 is 15.8. The monoisotopic (exact) mass is 474 g/mol. The first kappa shape index (κ1) is 28.8. The van der Waals surface area contributed by atoms with Crippen molar-refractivity contribution in [2.45, 2.75) is 44.2 Å². The topological polar surface area (TPSA) is 156 Å².